The SMILES string of the molecule is COc1ccc(C=CC(=O)N[C@@H](C)C(=O)OCC(=O)Nc2ccc(Cl)cc2[N+](=O)[O-])cc1. The van der Waals surface area contributed by atoms with E-state index in [1.807, 2.05) is 0 Å². The van der Waals surface area contributed by atoms with Crippen LogP contribution in [0.3, 0.4) is 0 Å². The van der Waals surface area contributed by atoms with Crippen LogP contribution in [0.5, 0.6) is 5.75 Å². The fourth-order valence-electron chi connectivity index (χ4n) is 2.42. The second kappa shape index (κ2) is 11.5. The van der Waals surface area contributed by atoms with Gasteiger partial charge in [0.15, 0.2) is 6.61 Å². The lowest BCUT2D eigenvalue weighted by molar-refractivity contribution is -0.383. The summed E-state index contributed by atoms with van der Waals surface area (Å²) in [5.41, 5.74) is 0.260. The molecule has 168 valence electrons. The molecule has 32 heavy (non-hydrogen) atoms. The topological polar surface area (TPSA) is 137 Å². The van der Waals surface area contributed by atoms with E-state index in [4.69, 9.17) is 21.1 Å². The molecular weight excluding hydrogens is 442 g/mol. The van der Waals surface area contributed by atoms with Gasteiger partial charge in [-0.2, -0.15) is 0 Å². The van der Waals surface area contributed by atoms with Crippen molar-refractivity contribution < 1.29 is 28.8 Å². The van der Waals surface area contributed by atoms with Crippen molar-refractivity contribution in [2.75, 3.05) is 19.0 Å². The van der Waals surface area contributed by atoms with Gasteiger partial charge in [0.2, 0.25) is 5.91 Å². The number of halogens is 1. The number of nitro benzene ring substituents is 1. The Kier molecular flexibility index (Phi) is 8.72. The summed E-state index contributed by atoms with van der Waals surface area (Å²) in [6.07, 6.45) is 2.80. The molecule has 2 amide bonds. The van der Waals surface area contributed by atoms with Crippen LogP contribution < -0.4 is 15.4 Å². The lowest BCUT2D eigenvalue weighted by atomic mass is 10.2. The number of esters is 1. The van der Waals surface area contributed by atoms with Crippen LogP contribution in [-0.4, -0.2) is 42.5 Å². The Hall–Kier alpha value is -3.92. The van der Waals surface area contributed by atoms with Crippen molar-refractivity contribution in [3.63, 3.8) is 0 Å². The molecule has 2 aromatic carbocycles. The summed E-state index contributed by atoms with van der Waals surface area (Å²) >= 11 is 5.72. The predicted molar refractivity (Wildman–Crippen MR) is 117 cm³/mol. The summed E-state index contributed by atoms with van der Waals surface area (Å²) in [5.74, 6) is -1.50. The number of rotatable bonds is 9. The number of hydrogen-bond donors (Lipinski definition) is 2. The minimum Gasteiger partial charge on any atom is -0.497 e. The first-order valence-corrected chi connectivity index (χ1v) is 9.60. The van der Waals surface area contributed by atoms with E-state index in [-0.39, 0.29) is 10.7 Å². The molecule has 0 aliphatic rings. The third kappa shape index (κ3) is 7.40. The number of amides is 2. The number of nitro groups is 1. The molecule has 2 N–H and O–H groups in total. The molecule has 10 nitrogen and oxygen atoms in total. The van der Waals surface area contributed by atoms with Crippen LogP contribution in [-0.2, 0) is 19.1 Å². The highest BCUT2D eigenvalue weighted by Gasteiger charge is 2.20. The maximum atomic E-state index is 12.0. The average Bonchev–Trinajstić information content (AvgIpc) is 2.77. The van der Waals surface area contributed by atoms with E-state index < -0.39 is 41.0 Å². The van der Waals surface area contributed by atoms with Crippen molar-refractivity contribution >= 4 is 46.8 Å². The molecule has 0 fully saturated rings. The lowest BCUT2D eigenvalue weighted by Gasteiger charge is -2.12. The predicted octanol–water partition coefficient (Wildman–Crippen LogP) is 2.96. The molecule has 0 aliphatic carbocycles. The van der Waals surface area contributed by atoms with E-state index in [0.717, 1.165) is 11.6 Å². The van der Waals surface area contributed by atoms with Gasteiger partial charge >= 0.3 is 5.97 Å². The standard InChI is InChI=1S/C21H20ClN3O7/c1-13(23-19(26)10-5-14-3-7-16(31-2)8-4-14)21(28)32-12-20(27)24-17-9-6-15(22)11-18(17)25(29)30/h3-11,13H,12H2,1-2H3,(H,23,26)(H,24,27)/t13-/m0/s1. The zero-order valence-electron chi connectivity index (χ0n) is 17.2. The molecule has 0 aromatic heterocycles. The number of nitrogens with one attached hydrogen (secondary N) is 2. The Balaban J connectivity index is 1.83. The van der Waals surface area contributed by atoms with E-state index in [2.05, 4.69) is 10.6 Å². The summed E-state index contributed by atoms with van der Waals surface area (Å²) in [5, 5.41) is 15.9. The molecule has 1 atom stereocenters. The molecular formula is C21H20ClN3O7. The van der Waals surface area contributed by atoms with Gasteiger partial charge in [-0.3, -0.25) is 19.7 Å². The molecule has 0 spiro atoms. The molecule has 0 unspecified atom stereocenters. The fourth-order valence-corrected chi connectivity index (χ4v) is 2.58. The third-order valence-corrected chi connectivity index (χ3v) is 4.27. The van der Waals surface area contributed by atoms with Crippen molar-refractivity contribution in [1.29, 1.82) is 0 Å². The second-order valence-electron chi connectivity index (χ2n) is 6.41. The van der Waals surface area contributed by atoms with Gasteiger partial charge in [-0.05, 0) is 42.8 Å². The van der Waals surface area contributed by atoms with Crippen LogP contribution in [0.15, 0.2) is 48.5 Å². The van der Waals surface area contributed by atoms with E-state index in [1.165, 1.54) is 25.1 Å². The van der Waals surface area contributed by atoms with E-state index >= 15 is 0 Å². The van der Waals surface area contributed by atoms with Gasteiger partial charge in [0.1, 0.15) is 17.5 Å². The first-order chi connectivity index (χ1) is 15.2. The van der Waals surface area contributed by atoms with Gasteiger partial charge in [0, 0.05) is 17.2 Å². The van der Waals surface area contributed by atoms with E-state index in [1.54, 1.807) is 37.5 Å². The Bertz CT molecular complexity index is 1040. The zero-order valence-corrected chi connectivity index (χ0v) is 17.9. The van der Waals surface area contributed by atoms with Gasteiger partial charge in [0.05, 0.1) is 12.0 Å². The summed E-state index contributed by atoms with van der Waals surface area (Å²) in [6.45, 7) is 0.698. The van der Waals surface area contributed by atoms with Crippen LogP contribution in [0.25, 0.3) is 6.08 Å². The van der Waals surface area contributed by atoms with Gasteiger partial charge < -0.3 is 20.1 Å². The lowest BCUT2D eigenvalue weighted by Crippen LogP contribution is -2.39. The molecule has 0 aliphatic heterocycles. The number of ether oxygens (including phenoxy) is 2. The highest BCUT2D eigenvalue weighted by Crippen LogP contribution is 2.27. The Morgan fingerprint density at radius 2 is 1.88 bits per heavy atom. The van der Waals surface area contributed by atoms with Crippen LogP contribution in [0, 0.1) is 10.1 Å². The van der Waals surface area contributed by atoms with Crippen LogP contribution in [0.2, 0.25) is 5.02 Å². The number of benzene rings is 2. The van der Waals surface area contributed by atoms with Crippen LogP contribution in [0.4, 0.5) is 11.4 Å². The van der Waals surface area contributed by atoms with E-state index in [9.17, 15) is 24.5 Å². The zero-order chi connectivity index (χ0) is 23.7. The Morgan fingerprint density at radius 3 is 2.50 bits per heavy atom. The minimum atomic E-state index is -1.03. The fraction of sp³-hybridized carbons (Fsp3) is 0.190. The number of carbonyl (C=O) groups is 3. The number of methoxy groups -OCH3 is 1. The average molecular weight is 462 g/mol. The maximum absolute atomic E-state index is 12.0. The van der Waals surface area contributed by atoms with Crippen molar-refractivity contribution in [3.05, 3.63) is 69.2 Å². The molecule has 0 heterocycles. The van der Waals surface area contributed by atoms with Gasteiger partial charge in [-0.1, -0.05) is 23.7 Å². The first kappa shape index (κ1) is 24.4. The van der Waals surface area contributed by atoms with Crippen molar-refractivity contribution in [1.82, 2.24) is 5.32 Å². The summed E-state index contributed by atoms with van der Waals surface area (Å²) in [4.78, 5) is 46.3. The summed E-state index contributed by atoms with van der Waals surface area (Å²) < 4.78 is 9.90. The summed E-state index contributed by atoms with van der Waals surface area (Å²) in [6, 6.07) is 9.67. The second-order valence-corrected chi connectivity index (χ2v) is 6.85. The molecule has 0 radical (unpaired) electrons. The normalized spacial score (nSPS) is 11.5. The highest BCUT2D eigenvalue weighted by molar-refractivity contribution is 6.31. The molecule has 0 saturated carbocycles. The molecule has 2 aromatic rings. The largest absolute Gasteiger partial charge is 0.497 e. The monoisotopic (exact) mass is 461 g/mol. The van der Waals surface area contributed by atoms with Crippen LogP contribution in [0.1, 0.15) is 12.5 Å². The quantitative estimate of drug-likeness (QED) is 0.253. The number of carbonyl (C=O) groups excluding carboxylic acids is 3. The van der Waals surface area contributed by atoms with Crippen molar-refractivity contribution in [3.8, 4) is 5.75 Å². The van der Waals surface area contributed by atoms with Gasteiger partial charge in [-0.25, -0.2) is 4.79 Å². The number of nitrogens with zero attached hydrogens (tertiary/aromatic N) is 1. The Labute approximate surface area is 188 Å². The minimum absolute atomic E-state index is 0.0922. The number of hydrogen-bond acceptors (Lipinski definition) is 7. The highest BCUT2D eigenvalue weighted by atomic mass is 35.5. The van der Waals surface area contributed by atoms with Gasteiger partial charge in [0.25, 0.3) is 11.6 Å². The number of anilines is 1. The van der Waals surface area contributed by atoms with Crippen LogP contribution >= 0.6 is 11.6 Å². The first-order valence-electron chi connectivity index (χ1n) is 9.22. The smallest absolute Gasteiger partial charge is 0.328 e. The molecule has 11 heteroatoms. The van der Waals surface area contributed by atoms with Crippen molar-refractivity contribution in [2.45, 2.75) is 13.0 Å². The van der Waals surface area contributed by atoms with E-state index in [0.29, 0.717) is 5.75 Å². The van der Waals surface area contributed by atoms with Crippen molar-refractivity contribution in [2.24, 2.45) is 0 Å². The third-order valence-electron chi connectivity index (χ3n) is 4.03. The maximum Gasteiger partial charge on any atom is 0.328 e. The molecule has 2 rings (SSSR count). The summed E-state index contributed by atoms with van der Waals surface area (Å²) in [7, 11) is 1.55. The van der Waals surface area contributed by atoms with Gasteiger partial charge in [-0.15, -0.1) is 0 Å². The molecule has 0 saturated heterocycles. The Morgan fingerprint density at radius 1 is 1.19 bits per heavy atom. The molecule has 0 bridgehead atoms.